The van der Waals surface area contributed by atoms with Gasteiger partial charge in [-0.2, -0.15) is 0 Å². The summed E-state index contributed by atoms with van der Waals surface area (Å²) in [5, 5.41) is 2.25. The van der Waals surface area contributed by atoms with E-state index in [2.05, 4.69) is 44.0 Å². The molecule has 0 aliphatic carbocycles. The summed E-state index contributed by atoms with van der Waals surface area (Å²) in [6, 6.07) is 8.58. The number of piperazine rings is 1. The number of rotatable bonds is 11. The molecule has 1 aromatic heterocycles. The Balaban J connectivity index is 0.838. The number of methoxy groups -OCH3 is 2. The van der Waals surface area contributed by atoms with Crippen LogP contribution in [0.4, 0.5) is 5.69 Å². The van der Waals surface area contributed by atoms with Crippen LogP contribution in [0.2, 0.25) is 0 Å². The lowest BCUT2D eigenvalue weighted by molar-refractivity contribution is -0.136. The van der Waals surface area contributed by atoms with Gasteiger partial charge in [-0.25, -0.2) is 0 Å². The Morgan fingerprint density at radius 1 is 0.800 bits per heavy atom. The van der Waals surface area contributed by atoms with Gasteiger partial charge in [-0.05, 0) is 106 Å². The van der Waals surface area contributed by atoms with Crippen molar-refractivity contribution in [3.05, 3.63) is 74.7 Å². The number of imide groups is 2. The van der Waals surface area contributed by atoms with E-state index in [1.54, 1.807) is 30.9 Å². The van der Waals surface area contributed by atoms with E-state index in [9.17, 15) is 24.0 Å². The zero-order valence-corrected chi connectivity index (χ0v) is 35.9. The van der Waals surface area contributed by atoms with Crippen molar-refractivity contribution in [3.8, 4) is 22.6 Å². The molecule has 0 bridgehead atoms. The minimum absolute atomic E-state index is 0.0219. The number of nitrogens with one attached hydrogen (secondary N) is 1. The third-order valence-electron chi connectivity index (χ3n) is 13.2. The predicted molar refractivity (Wildman–Crippen MR) is 232 cm³/mol. The lowest BCUT2D eigenvalue weighted by Gasteiger charge is -2.38. The molecule has 4 amide bonds. The molecule has 3 aromatic rings. The van der Waals surface area contributed by atoms with Crippen molar-refractivity contribution in [2.24, 2.45) is 13.0 Å². The van der Waals surface area contributed by atoms with Crippen molar-refractivity contribution in [3.63, 3.8) is 0 Å². The Labute approximate surface area is 356 Å². The number of hydrogen-bond donors (Lipinski definition) is 1. The summed E-state index contributed by atoms with van der Waals surface area (Å²) in [5.41, 5.74) is 6.44. The van der Waals surface area contributed by atoms with Crippen LogP contribution in [-0.2, 0) is 36.1 Å². The van der Waals surface area contributed by atoms with Crippen LogP contribution in [0, 0.1) is 5.92 Å². The maximum Gasteiger partial charge on any atom is 0.262 e. The molecular formula is C45H55N7O7S. The third kappa shape index (κ3) is 8.06. The van der Waals surface area contributed by atoms with E-state index in [-0.39, 0.29) is 24.3 Å². The molecule has 6 heterocycles. The van der Waals surface area contributed by atoms with Crippen molar-refractivity contribution in [1.29, 1.82) is 0 Å². The summed E-state index contributed by atoms with van der Waals surface area (Å²) in [6.07, 6.45) is 7.11. The van der Waals surface area contributed by atoms with Gasteiger partial charge in [0.25, 0.3) is 17.4 Å². The predicted octanol–water partition coefficient (Wildman–Crippen LogP) is 3.99. The standard InChI is InChI=1S/C45H55N7O7S/c1-5-41(60)51-17-13-31-34(25-47(2)43(55)35(31)27-51)29-22-38(58-3)36(39(23-29)59-4)26-49-15-11-28(12-16-49)10-14-48-18-20-50(21-19-48)30-6-7-32-33(24-30)45(57)52(44(32)56)37-8-9-40(53)46-42(37)54/h6-7,22-25,28,37H,5,8-21,26-27H2,1-4H3,(H,46,53,54). The van der Waals surface area contributed by atoms with Gasteiger partial charge in [-0.1, -0.05) is 19.1 Å². The molecule has 0 radical (unpaired) electrons. The molecule has 1 N–H and O–H groups in total. The number of aryl methyl sites for hydroxylation is 1. The molecule has 5 aliphatic rings. The first-order chi connectivity index (χ1) is 29.0. The van der Waals surface area contributed by atoms with Crippen molar-refractivity contribution >= 4 is 46.5 Å². The van der Waals surface area contributed by atoms with E-state index < -0.39 is 23.8 Å². The largest absolute Gasteiger partial charge is 0.496 e. The highest BCUT2D eigenvalue weighted by Crippen LogP contribution is 2.39. The molecule has 14 nitrogen and oxygen atoms in total. The number of thiocarbonyl (C=S) groups is 1. The molecule has 5 aliphatic heterocycles. The van der Waals surface area contributed by atoms with E-state index in [1.807, 2.05) is 19.3 Å². The Kier molecular flexibility index (Phi) is 12.1. The summed E-state index contributed by atoms with van der Waals surface area (Å²) in [6.45, 7) is 10.6. The molecule has 0 saturated carbocycles. The Morgan fingerprint density at radius 2 is 1.50 bits per heavy atom. The highest BCUT2D eigenvalue weighted by Gasteiger charge is 2.45. The number of carbonyl (C=O) groups is 4. The number of fused-ring (bicyclic) bond motifs is 2. The van der Waals surface area contributed by atoms with Gasteiger partial charge in [-0.15, -0.1) is 0 Å². The maximum atomic E-state index is 13.4. The van der Waals surface area contributed by atoms with Gasteiger partial charge in [0.1, 0.15) is 17.5 Å². The van der Waals surface area contributed by atoms with E-state index in [4.69, 9.17) is 21.7 Å². The van der Waals surface area contributed by atoms with Crippen LogP contribution in [0.3, 0.4) is 0 Å². The minimum atomic E-state index is -0.969. The molecule has 318 valence electrons. The van der Waals surface area contributed by atoms with Crippen LogP contribution in [-0.4, -0.2) is 125 Å². The molecular weight excluding hydrogens is 783 g/mol. The van der Waals surface area contributed by atoms with Gasteiger partial charge < -0.3 is 23.8 Å². The zero-order valence-electron chi connectivity index (χ0n) is 35.1. The number of likely N-dealkylation sites (tertiary alicyclic amines) is 1. The molecule has 3 saturated heterocycles. The number of benzene rings is 2. The monoisotopic (exact) mass is 837 g/mol. The maximum absolute atomic E-state index is 13.4. The zero-order chi connectivity index (χ0) is 42.2. The normalized spacial score (nSPS) is 20.3. The highest BCUT2D eigenvalue weighted by atomic mass is 32.1. The second-order valence-electron chi connectivity index (χ2n) is 16.7. The number of amides is 4. The van der Waals surface area contributed by atoms with Crippen LogP contribution in [0.25, 0.3) is 11.1 Å². The summed E-state index contributed by atoms with van der Waals surface area (Å²) in [7, 11) is 5.23. The van der Waals surface area contributed by atoms with Crippen LogP contribution in [0.1, 0.15) is 82.9 Å². The molecule has 2 aromatic carbocycles. The second-order valence-corrected chi connectivity index (χ2v) is 17.2. The number of carbonyl (C=O) groups excluding carboxylic acids is 4. The van der Waals surface area contributed by atoms with Gasteiger partial charge in [0, 0.05) is 82.3 Å². The third-order valence-corrected chi connectivity index (χ3v) is 13.8. The van der Waals surface area contributed by atoms with Gasteiger partial charge in [0.05, 0.1) is 35.9 Å². The molecule has 0 spiro atoms. The number of piperidine rings is 2. The fourth-order valence-corrected chi connectivity index (χ4v) is 9.84. The van der Waals surface area contributed by atoms with Gasteiger partial charge in [0.15, 0.2) is 0 Å². The van der Waals surface area contributed by atoms with Crippen LogP contribution in [0.5, 0.6) is 11.5 Å². The van der Waals surface area contributed by atoms with Crippen molar-refractivity contribution in [2.45, 2.75) is 71.0 Å². The first-order valence-corrected chi connectivity index (χ1v) is 21.7. The van der Waals surface area contributed by atoms with Gasteiger partial charge in [0.2, 0.25) is 11.8 Å². The van der Waals surface area contributed by atoms with Crippen LogP contribution in [0.15, 0.2) is 41.3 Å². The first-order valence-electron chi connectivity index (χ1n) is 21.3. The summed E-state index contributed by atoms with van der Waals surface area (Å²) in [5.74, 6) is 0.267. The minimum Gasteiger partial charge on any atom is -0.496 e. The summed E-state index contributed by atoms with van der Waals surface area (Å²) < 4.78 is 13.7. The Hall–Kier alpha value is -5.12. The molecule has 15 heteroatoms. The topological polar surface area (TPSA) is 137 Å². The SMILES string of the molecule is CCC(=S)N1CCc2c(-c3cc(OC)c(CN4CCC(CCN5CCN(c6ccc7c(c6)C(=O)N(C6CCC(=O)NC6=O)C7=O)CC5)CC4)c(OC)c3)cn(C)c(=O)c2C1. The average Bonchev–Trinajstić information content (AvgIpc) is 3.51. The number of aromatic nitrogens is 1. The van der Waals surface area contributed by atoms with E-state index in [0.29, 0.717) is 23.6 Å². The second kappa shape index (κ2) is 17.5. The number of anilines is 1. The molecule has 3 fully saturated rings. The lowest BCUT2D eigenvalue weighted by Crippen LogP contribution is -2.54. The Bertz CT molecular complexity index is 2250. The quantitative estimate of drug-likeness (QED) is 0.221. The van der Waals surface area contributed by atoms with Gasteiger partial charge >= 0.3 is 0 Å². The molecule has 60 heavy (non-hydrogen) atoms. The van der Waals surface area contributed by atoms with Crippen molar-refractivity contribution < 1.29 is 28.7 Å². The smallest absolute Gasteiger partial charge is 0.262 e. The highest BCUT2D eigenvalue weighted by molar-refractivity contribution is 7.80. The first kappa shape index (κ1) is 41.6. The van der Waals surface area contributed by atoms with Crippen molar-refractivity contribution in [1.82, 2.24) is 29.5 Å². The fraction of sp³-hybridized carbons (Fsp3) is 0.511. The van der Waals surface area contributed by atoms with E-state index in [1.165, 1.54) is 0 Å². The average molecular weight is 838 g/mol. The fourth-order valence-electron chi connectivity index (χ4n) is 9.69. The van der Waals surface area contributed by atoms with E-state index in [0.717, 1.165) is 146 Å². The Morgan fingerprint density at radius 3 is 2.17 bits per heavy atom. The van der Waals surface area contributed by atoms with Crippen LogP contribution >= 0.6 is 12.2 Å². The number of ether oxygens (including phenoxy) is 2. The number of hydrogen-bond acceptors (Lipinski definition) is 11. The van der Waals surface area contributed by atoms with Crippen LogP contribution < -0.4 is 25.2 Å². The van der Waals surface area contributed by atoms with Crippen molar-refractivity contribution in [2.75, 3.05) is 71.5 Å². The summed E-state index contributed by atoms with van der Waals surface area (Å²) in [4.78, 5) is 75.2. The van der Waals surface area contributed by atoms with E-state index >= 15 is 0 Å². The molecule has 1 unspecified atom stereocenters. The summed E-state index contributed by atoms with van der Waals surface area (Å²) >= 11 is 5.60. The molecule has 8 rings (SSSR count). The van der Waals surface area contributed by atoms with Gasteiger partial charge in [-0.3, -0.25) is 44.0 Å². The lowest BCUT2D eigenvalue weighted by atomic mass is 9.91. The number of pyridine rings is 1. The molecule has 1 atom stereocenters. The number of nitrogens with zero attached hydrogens (tertiary/aromatic N) is 6.